The van der Waals surface area contributed by atoms with Crippen molar-refractivity contribution in [3.63, 3.8) is 0 Å². The third-order valence-electron chi connectivity index (χ3n) is 2.00. The number of pyridine rings is 1. The molecule has 0 aliphatic rings. The highest BCUT2D eigenvalue weighted by Gasteiger charge is 2.17. The number of carbonyl (C=O) groups excluding carboxylic acids is 1. The lowest BCUT2D eigenvalue weighted by atomic mass is 10.1. The number of rotatable bonds is 4. The van der Waals surface area contributed by atoms with Crippen molar-refractivity contribution in [1.82, 2.24) is 4.98 Å². The van der Waals surface area contributed by atoms with Gasteiger partial charge in [-0.05, 0) is 25.0 Å². The summed E-state index contributed by atoms with van der Waals surface area (Å²) in [6.07, 6.45) is 2.50. The van der Waals surface area contributed by atoms with E-state index in [2.05, 4.69) is 20.9 Å². The minimum atomic E-state index is -0.356. The van der Waals surface area contributed by atoms with Gasteiger partial charge in [-0.2, -0.15) is 0 Å². The summed E-state index contributed by atoms with van der Waals surface area (Å²) in [6.45, 7) is 4.20. The van der Waals surface area contributed by atoms with Crippen molar-refractivity contribution in [3.05, 3.63) is 29.6 Å². The van der Waals surface area contributed by atoms with Crippen LogP contribution in [0.2, 0.25) is 0 Å². The highest BCUT2D eigenvalue weighted by atomic mass is 79.9. The maximum Gasteiger partial charge on any atom is 0.357 e. The molecule has 1 aromatic heterocycles. The summed E-state index contributed by atoms with van der Waals surface area (Å²) in [7, 11) is 0. The summed E-state index contributed by atoms with van der Waals surface area (Å²) in [6, 6.07) is 3.71. The van der Waals surface area contributed by atoms with Gasteiger partial charge in [0.05, 0.1) is 6.61 Å². The maximum atomic E-state index is 11.6. The predicted molar refractivity (Wildman–Crippen MR) is 62.2 cm³/mol. The Bertz CT molecular complexity index is 341. The first-order valence-electron chi connectivity index (χ1n) is 4.96. The van der Waals surface area contributed by atoms with Crippen molar-refractivity contribution in [1.29, 1.82) is 0 Å². The Morgan fingerprint density at radius 2 is 2.33 bits per heavy atom. The third-order valence-corrected chi connectivity index (χ3v) is 3.14. The first-order valence-corrected chi connectivity index (χ1v) is 5.88. The van der Waals surface area contributed by atoms with Gasteiger partial charge in [0.25, 0.3) is 0 Å². The van der Waals surface area contributed by atoms with Crippen LogP contribution in [-0.2, 0) is 4.74 Å². The van der Waals surface area contributed by atoms with E-state index in [4.69, 9.17) is 4.74 Å². The molecule has 15 heavy (non-hydrogen) atoms. The summed E-state index contributed by atoms with van der Waals surface area (Å²) < 4.78 is 4.94. The SMILES string of the molecule is CCOC(=O)c1ncccc1C(Br)CC. The minimum absolute atomic E-state index is 0.144. The summed E-state index contributed by atoms with van der Waals surface area (Å²) >= 11 is 3.51. The van der Waals surface area contributed by atoms with Crippen LogP contribution < -0.4 is 0 Å². The average Bonchev–Trinajstić information content (AvgIpc) is 2.28. The Hall–Kier alpha value is -0.900. The Morgan fingerprint density at radius 1 is 1.60 bits per heavy atom. The molecule has 0 amide bonds. The molecule has 0 fully saturated rings. The van der Waals surface area contributed by atoms with Crippen LogP contribution in [0.4, 0.5) is 0 Å². The monoisotopic (exact) mass is 271 g/mol. The molecule has 0 saturated carbocycles. The van der Waals surface area contributed by atoms with Crippen LogP contribution >= 0.6 is 15.9 Å². The molecule has 0 aliphatic carbocycles. The van der Waals surface area contributed by atoms with Gasteiger partial charge in [-0.3, -0.25) is 0 Å². The standard InChI is InChI=1S/C11H14BrNO2/c1-3-9(12)8-6-5-7-13-10(8)11(14)15-4-2/h5-7,9H,3-4H2,1-2H3. The second kappa shape index (κ2) is 5.85. The van der Waals surface area contributed by atoms with Crippen LogP contribution in [-0.4, -0.2) is 17.6 Å². The van der Waals surface area contributed by atoms with Gasteiger partial charge in [0, 0.05) is 11.0 Å². The number of esters is 1. The molecular weight excluding hydrogens is 258 g/mol. The van der Waals surface area contributed by atoms with Crippen LogP contribution in [0.25, 0.3) is 0 Å². The fourth-order valence-corrected chi connectivity index (χ4v) is 1.63. The van der Waals surface area contributed by atoms with Gasteiger partial charge in [0.15, 0.2) is 5.69 Å². The van der Waals surface area contributed by atoms with Crippen LogP contribution in [0.3, 0.4) is 0 Å². The van der Waals surface area contributed by atoms with Gasteiger partial charge in [-0.25, -0.2) is 9.78 Å². The average molecular weight is 272 g/mol. The van der Waals surface area contributed by atoms with Gasteiger partial charge in [0.2, 0.25) is 0 Å². The van der Waals surface area contributed by atoms with E-state index in [0.717, 1.165) is 12.0 Å². The number of halogens is 1. The number of carbonyl (C=O) groups is 1. The van der Waals surface area contributed by atoms with E-state index >= 15 is 0 Å². The normalized spacial score (nSPS) is 12.2. The lowest BCUT2D eigenvalue weighted by molar-refractivity contribution is 0.0518. The smallest absolute Gasteiger partial charge is 0.357 e. The molecule has 0 saturated heterocycles. The third kappa shape index (κ3) is 3.02. The summed E-state index contributed by atoms with van der Waals surface area (Å²) in [5.41, 5.74) is 1.29. The molecule has 1 heterocycles. The fraction of sp³-hybridized carbons (Fsp3) is 0.455. The molecule has 1 aromatic rings. The second-order valence-corrected chi connectivity index (χ2v) is 4.14. The summed E-state index contributed by atoms with van der Waals surface area (Å²) in [4.78, 5) is 15.8. The van der Waals surface area contributed by atoms with E-state index < -0.39 is 0 Å². The first-order chi connectivity index (χ1) is 7.20. The molecule has 1 atom stereocenters. The highest BCUT2D eigenvalue weighted by molar-refractivity contribution is 9.09. The first kappa shape index (κ1) is 12.2. The van der Waals surface area contributed by atoms with Crippen LogP contribution in [0, 0.1) is 0 Å². The molecule has 0 N–H and O–H groups in total. The van der Waals surface area contributed by atoms with Gasteiger partial charge in [0.1, 0.15) is 0 Å². The Labute approximate surface area is 98.0 Å². The summed E-state index contributed by atoms with van der Waals surface area (Å²) in [5, 5.41) is 0. The van der Waals surface area contributed by atoms with Crippen molar-refractivity contribution in [2.45, 2.75) is 25.1 Å². The van der Waals surface area contributed by atoms with E-state index in [9.17, 15) is 4.79 Å². The van der Waals surface area contributed by atoms with E-state index in [1.165, 1.54) is 0 Å². The van der Waals surface area contributed by atoms with E-state index in [-0.39, 0.29) is 10.8 Å². The number of hydrogen-bond donors (Lipinski definition) is 0. The zero-order valence-corrected chi connectivity index (χ0v) is 10.5. The van der Waals surface area contributed by atoms with Crippen LogP contribution in [0.1, 0.15) is 41.1 Å². The van der Waals surface area contributed by atoms with E-state index in [1.807, 2.05) is 19.1 Å². The predicted octanol–water partition coefficient (Wildman–Crippen LogP) is 3.10. The van der Waals surface area contributed by atoms with E-state index in [0.29, 0.717) is 12.3 Å². The quantitative estimate of drug-likeness (QED) is 0.624. The Morgan fingerprint density at radius 3 is 2.93 bits per heavy atom. The minimum Gasteiger partial charge on any atom is -0.461 e. The zero-order valence-electron chi connectivity index (χ0n) is 8.87. The molecule has 0 aliphatic heterocycles. The topological polar surface area (TPSA) is 39.2 Å². The largest absolute Gasteiger partial charge is 0.461 e. The molecule has 1 rings (SSSR count). The number of aromatic nitrogens is 1. The highest BCUT2D eigenvalue weighted by Crippen LogP contribution is 2.28. The number of ether oxygens (including phenoxy) is 1. The lowest BCUT2D eigenvalue weighted by Gasteiger charge is -2.11. The van der Waals surface area contributed by atoms with Crippen LogP contribution in [0.15, 0.2) is 18.3 Å². The molecule has 4 heteroatoms. The molecule has 0 bridgehead atoms. The van der Waals surface area contributed by atoms with Crippen molar-refractivity contribution >= 4 is 21.9 Å². The number of hydrogen-bond acceptors (Lipinski definition) is 3. The van der Waals surface area contributed by atoms with Gasteiger partial charge in [-0.1, -0.05) is 28.9 Å². The van der Waals surface area contributed by atoms with Gasteiger partial charge >= 0.3 is 5.97 Å². The van der Waals surface area contributed by atoms with Crippen molar-refractivity contribution in [3.8, 4) is 0 Å². The molecule has 3 nitrogen and oxygen atoms in total. The Balaban J connectivity index is 3.00. The number of alkyl halides is 1. The fourth-order valence-electron chi connectivity index (χ4n) is 1.26. The molecular formula is C11H14BrNO2. The molecule has 0 spiro atoms. The van der Waals surface area contributed by atoms with Crippen molar-refractivity contribution in [2.24, 2.45) is 0 Å². The number of nitrogens with zero attached hydrogens (tertiary/aromatic N) is 1. The Kier molecular flexibility index (Phi) is 4.75. The zero-order chi connectivity index (χ0) is 11.3. The molecule has 0 radical (unpaired) electrons. The summed E-state index contributed by atoms with van der Waals surface area (Å²) in [5.74, 6) is -0.356. The van der Waals surface area contributed by atoms with Gasteiger partial charge < -0.3 is 4.74 Å². The van der Waals surface area contributed by atoms with Gasteiger partial charge in [-0.15, -0.1) is 0 Å². The van der Waals surface area contributed by atoms with E-state index in [1.54, 1.807) is 13.1 Å². The molecule has 82 valence electrons. The van der Waals surface area contributed by atoms with Crippen molar-refractivity contribution < 1.29 is 9.53 Å². The molecule has 1 unspecified atom stereocenters. The second-order valence-electron chi connectivity index (χ2n) is 3.04. The van der Waals surface area contributed by atoms with Crippen molar-refractivity contribution in [2.75, 3.05) is 6.61 Å². The maximum absolute atomic E-state index is 11.6. The lowest BCUT2D eigenvalue weighted by Crippen LogP contribution is -2.11. The van der Waals surface area contributed by atoms with Crippen LogP contribution in [0.5, 0.6) is 0 Å². The molecule has 0 aromatic carbocycles.